The Hall–Kier alpha value is -5.64. The second-order valence-electron chi connectivity index (χ2n) is 11.6. The minimum absolute atomic E-state index is 0.217. The van der Waals surface area contributed by atoms with Crippen LogP contribution in [0, 0.1) is 5.82 Å². The van der Waals surface area contributed by atoms with Crippen LogP contribution >= 0.6 is 0 Å². The topological polar surface area (TPSA) is 92.5 Å². The molecule has 0 saturated carbocycles. The zero-order chi connectivity index (χ0) is 33.3. The zero-order valence-corrected chi connectivity index (χ0v) is 26.8. The van der Waals surface area contributed by atoms with Gasteiger partial charge in [-0.25, -0.2) is 14.4 Å². The summed E-state index contributed by atoms with van der Waals surface area (Å²) in [6, 6.07) is 33.5. The number of carbonyl (C=O) groups excluding carboxylic acids is 1. The largest absolute Gasteiger partial charge is 0.437 e. The van der Waals surface area contributed by atoms with Gasteiger partial charge in [0, 0.05) is 29.4 Å². The monoisotopic (exact) mass is 641 g/mol. The van der Waals surface area contributed by atoms with E-state index >= 15 is 0 Å². The van der Waals surface area contributed by atoms with Crippen molar-refractivity contribution in [2.75, 3.05) is 37.9 Å². The van der Waals surface area contributed by atoms with E-state index in [1.54, 1.807) is 6.07 Å². The summed E-state index contributed by atoms with van der Waals surface area (Å²) in [7, 11) is 3.89. The van der Waals surface area contributed by atoms with Gasteiger partial charge < -0.3 is 24.7 Å². The number of halogens is 1. The van der Waals surface area contributed by atoms with E-state index in [4.69, 9.17) is 9.15 Å². The molecule has 0 saturated heterocycles. The highest BCUT2D eigenvalue weighted by Crippen LogP contribution is 2.43. The first-order chi connectivity index (χ1) is 23.4. The minimum Gasteiger partial charge on any atom is -0.437 e. The Morgan fingerprint density at radius 1 is 0.917 bits per heavy atom. The van der Waals surface area contributed by atoms with Crippen LogP contribution in [-0.4, -0.2) is 48.0 Å². The third-order valence-electron chi connectivity index (χ3n) is 7.64. The smallest absolute Gasteiger partial charge is 0.248 e. The first kappa shape index (κ1) is 32.3. The third kappa shape index (κ3) is 8.01. The van der Waals surface area contributed by atoms with Crippen molar-refractivity contribution < 1.29 is 18.3 Å². The van der Waals surface area contributed by atoms with Gasteiger partial charge in [-0.1, -0.05) is 91.0 Å². The van der Waals surface area contributed by atoms with Crippen LogP contribution in [0.3, 0.4) is 0 Å². The number of benzene rings is 4. The van der Waals surface area contributed by atoms with Crippen molar-refractivity contribution in [1.82, 2.24) is 14.9 Å². The fraction of sp³-hybridized carbons (Fsp3) is 0.154. The zero-order valence-electron chi connectivity index (χ0n) is 26.8. The van der Waals surface area contributed by atoms with E-state index in [1.807, 2.05) is 116 Å². The molecule has 48 heavy (non-hydrogen) atoms. The number of hydrogen-bond acceptors (Lipinski definition) is 7. The molecule has 1 unspecified atom stereocenters. The molecule has 2 heterocycles. The van der Waals surface area contributed by atoms with E-state index in [-0.39, 0.29) is 24.4 Å². The van der Waals surface area contributed by atoms with Crippen molar-refractivity contribution in [3.8, 4) is 22.5 Å². The van der Waals surface area contributed by atoms with Gasteiger partial charge in [0.2, 0.25) is 11.6 Å². The number of fused-ring (bicyclic) bond motifs is 1. The average Bonchev–Trinajstić information content (AvgIpc) is 3.49. The van der Waals surface area contributed by atoms with Crippen LogP contribution < -0.4 is 10.6 Å². The molecule has 0 fully saturated rings. The lowest BCUT2D eigenvalue weighted by Gasteiger charge is -2.20. The molecule has 1 amide bonds. The molecule has 0 bridgehead atoms. The number of amides is 1. The van der Waals surface area contributed by atoms with E-state index in [0.717, 1.165) is 27.8 Å². The normalized spacial score (nSPS) is 12.1. The second-order valence-corrected chi connectivity index (χ2v) is 11.6. The number of rotatable bonds is 13. The van der Waals surface area contributed by atoms with Crippen molar-refractivity contribution >= 4 is 28.5 Å². The maximum atomic E-state index is 13.8. The van der Waals surface area contributed by atoms with Crippen LogP contribution in [0.5, 0.6) is 0 Å². The summed E-state index contributed by atoms with van der Waals surface area (Å²) in [5.41, 5.74) is 5.30. The van der Waals surface area contributed by atoms with Gasteiger partial charge in [-0.05, 0) is 55.1 Å². The van der Waals surface area contributed by atoms with Gasteiger partial charge in [0.25, 0.3) is 0 Å². The van der Waals surface area contributed by atoms with Gasteiger partial charge in [0.1, 0.15) is 23.7 Å². The van der Waals surface area contributed by atoms with Crippen LogP contribution in [0.2, 0.25) is 0 Å². The van der Waals surface area contributed by atoms with Crippen molar-refractivity contribution in [2.24, 2.45) is 0 Å². The predicted molar refractivity (Wildman–Crippen MR) is 188 cm³/mol. The number of hydrogen-bond donors (Lipinski definition) is 2. The van der Waals surface area contributed by atoms with Crippen LogP contribution in [0.4, 0.5) is 15.9 Å². The molecule has 242 valence electrons. The summed E-state index contributed by atoms with van der Waals surface area (Å²) in [4.78, 5) is 23.8. The Morgan fingerprint density at radius 2 is 1.67 bits per heavy atom. The molecule has 2 aromatic heterocycles. The number of carbonyl (C=O) groups is 1. The molecule has 8 nitrogen and oxygen atoms in total. The highest BCUT2D eigenvalue weighted by atomic mass is 19.1. The molecular formula is C39H36FN5O3. The molecule has 9 heteroatoms. The van der Waals surface area contributed by atoms with Crippen molar-refractivity contribution in [2.45, 2.75) is 12.6 Å². The Balaban J connectivity index is 1.36. The SMILES string of the molecule is CN(C)CC=CC(=O)Nc1cccc(-c2oc3ncnc(NC(COCc4cccc(F)c4)c4ccccc4)c3c2-c2ccccc2)c1. The van der Waals surface area contributed by atoms with Crippen molar-refractivity contribution in [3.05, 3.63) is 145 Å². The standard InChI is InChI=1S/C39H36FN5O3/c1-45(2)21-11-20-34(46)43-32-19-10-17-30(23-32)37-35(29-15-7-4-8-16-29)36-38(41-26-42-39(36)48-37)44-33(28-13-5-3-6-14-28)25-47-24-27-12-9-18-31(40)22-27/h3-20,22-23,26,33H,21,24-25H2,1-2H3,(H,43,46)(H,41,42,44). The van der Waals surface area contributed by atoms with Crippen LogP contribution in [0.25, 0.3) is 33.6 Å². The first-order valence-corrected chi connectivity index (χ1v) is 15.6. The van der Waals surface area contributed by atoms with E-state index in [0.29, 0.717) is 41.5 Å². The summed E-state index contributed by atoms with van der Waals surface area (Å²) >= 11 is 0. The fourth-order valence-corrected chi connectivity index (χ4v) is 5.41. The summed E-state index contributed by atoms with van der Waals surface area (Å²) in [6.07, 6.45) is 4.81. The van der Waals surface area contributed by atoms with Gasteiger partial charge in [0.05, 0.1) is 24.6 Å². The Morgan fingerprint density at radius 3 is 2.44 bits per heavy atom. The molecule has 2 N–H and O–H groups in total. The van der Waals surface area contributed by atoms with Crippen molar-refractivity contribution in [1.29, 1.82) is 0 Å². The van der Waals surface area contributed by atoms with E-state index in [2.05, 4.69) is 20.6 Å². The fourth-order valence-electron chi connectivity index (χ4n) is 5.41. The summed E-state index contributed by atoms with van der Waals surface area (Å²) in [5.74, 6) is 0.655. The Bertz CT molecular complexity index is 2010. The lowest BCUT2D eigenvalue weighted by molar-refractivity contribution is -0.111. The molecule has 0 spiro atoms. The lowest BCUT2D eigenvalue weighted by atomic mass is 9.98. The first-order valence-electron chi connectivity index (χ1n) is 15.6. The van der Waals surface area contributed by atoms with E-state index in [1.165, 1.54) is 24.5 Å². The highest BCUT2D eigenvalue weighted by molar-refractivity contribution is 6.06. The maximum absolute atomic E-state index is 13.8. The number of nitrogens with zero attached hydrogens (tertiary/aromatic N) is 3. The molecule has 0 aliphatic carbocycles. The Kier molecular flexibility index (Phi) is 10.3. The number of likely N-dealkylation sites (N-methyl/N-ethyl adjacent to an activating group) is 1. The van der Waals surface area contributed by atoms with Crippen LogP contribution in [-0.2, 0) is 16.1 Å². The van der Waals surface area contributed by atoms with Crippen molar-refractivity contribution in [3.63, 3.8) is 0 Å². The quantitative estimate of drug-likeness (QED) is 0.123. The summed E-state index contributed by atoms with van der Waals surface area (Å²) in [5, 5.41) is 7.26. The van der Waals surface area contributed by atoms with Gasteiger partial charge in [-0.2, -0.15) is 0 Å². The number of ether oxygens (including phenoxy) is 1. The molecule has 6 aromatic rings. The van der Waals surface area contributed by atoms with Gasteiger partial charge >= 0.3 is 0 Å². The van der Waals surface area contributed by atoms with E-state index in [9.17, 15) is 9.18 Å². The lowest BCUT2D eigenvalue weighted by Crippen LogP contribution is -2.18. The summed E-state index contributed by atoms with van der Waals surface area (Å²) < 4.78 is 26.4. The van der Waals surface area contributed by atoms with Crippen LogP contribution in [0.1, 0.15) is 17.2 Å². The molecule has 6 rings (SSSR count). The minimum atomic E-state index is -0.300. The predicted octanol–water partition coefficient (Wildman–Crippen LogP) is 8.12. The average molecular weight is 642 g/mol. The number of anilines is 2. The molecular weight excluding hydrogens is 605 g/mol. The van der Waals surface area contributed by atoms with Crippen LogP contribution in [0.15, 0.2) is 132 Å². The Labute approximate surface area is 278 Å². The maximum Gasteiger partial charge on any atom is 0.248 e. The molecule has 0 aliphatic heterocycles. The van der Waals surface area contributed by atoms with Gasteiger partial charge in [0.15, 0.2) is 0 Å². The number of furan rings is 1. The number of aromatic nitrogens is 2. The highest BCUT2D eigenvalue weighted by Gasteiger charge is 2.24. The summed E-state index contributed by atoms with van der Waals surface area (Å²) in [6.45, 7) is 1.21. The molecule has 0 radical (unpaired) electrons. The number of nitrogens with one attached hydrogen (secondary N) is 2. The third-order valence-corrected chi connectivity index (χ3v) is 7.64. The van der Waals surface area contributed by atoms with Gasteiger partial charge in [-0.3, -0.25) is 4.79 Å². The molecule has 0 aliphatic rings. The van der Waals surface area contributed by atoms with E-state index < -0.39 is 0 Å². The van der Waals surface area contributed by atoms with Gasteiger partial charge in [-0.15, -0.1) is 0 Å². The molecule has 4 aromatic carbocycles. The molecule has 1 atom stereocenters. The second kappa shape index (κ2) is 15.3.